The first-order valence-corrected chi connectivity index (χ1v) is 9.51. The Balaban J connectivity index is 1.55. The van der Waals surface area contributed by atoms with Crippen molar-refractivity contribution in [3.63, 3.8) is 0 Å². The minimum Gasteiger partial charge on any atom is -0.361 e. The van der Waals surface area contributed by atoms with Gasteiger partial charge in [0, 0.05) is 34.4 Å². The average molecular weight is 364 g/mol. The molecule has 136 valence electrons. The molecule has 3 nitrogen and oxygen atoms in total. The number of nitrogens with one attached hydrogen (secondary N) is 1. The van der Waals surface area contributed by atoms with Crippen LogP contribution in [0.25, 0.3) is 17.0 Å². The van der Waals surface area contributed by atoms with Crippen molar-refractivity contribution in [2.75, 3.05) is 4.90 Å². The first kappa shape index (κ1) is 16.6. The molecular formula is C25H20N2O. The second-order valence-corrected chi connectivity index (χ2v) is 7.09. The minimum atomic E-state index is -0.0125. The molecule has 28 heavy (non-hydrogen) atoms. The maximum atomic E-state index is 13.3. The van der Waals surface area contributed by atoms with E-state index in [9.17, 15) is 4.79 Å². The number of carbonyl (C=O) groups excluding carboxylic acids is 1. The van der Waals surface area contributed by atoms with E-state index in [1.165, 1.54) is 10.9 Å². The number of fused-ring (bicyclic) bond motifs is 2. The zero-order valence-electron chi connectivity index (χ0n) is 15.4. The summed E-state index contributed by atoms with van der Waals surface area (Å²) >= 11 is 0. The molecule has 1 atom stereocenters. The molecular weight excluding hydrogens is 344 g/mol. The van der Waals surface area contributed by atoms with Gasteiger partial charge in [-0.25, -0.2) is 0 Å². The maximum absolute atomic E-state index is 13.3. The van der Waals surface area contributed by atoms with Crippen molar-refractivity contribution >= 4 is 28.6 Å². The summed E-state index contributed by atoms with van der Waals surface area (Å²) in [5, 5.41) is 1.17. The number of hydrogen-bond acceptors (Lipinski definition) is 1. The predicted octanol–water partition coefficient (Wildman–Crippen LogP) is 5.51. The average Bonchev–Trinajstić information content (AvgIpc) is 3.34. The predicted molar refractivity (Wildman–Crippen MR) is 114 cm³/mol. The molecule has 3 heteroatoms. The van der Waals surface area contributed by atoms with E-state index in [0.29, 0.717) is 0 Å². The number of carbonyl (C=O) groups is 1. The van der Waals surface area contributed by atoms with Crippen molar-refractivity contribution in [3.8, 4) is 0 Å². The second-order valence-electron chi connectivity index (χ2n) is 7.09. The van der Waals surface area contributed by atoms with E-state index in [-0.39, 0.29) is 11.9 Å². The van der Waals surface area contributed by atoms with Crippen LogP contribution in [0.5, 0.6) is 0 Å². The molecule has 1 unspecified atom stereocenters. The fraction of sp³-hybridized carbons (Fsp3) is 0.0800. The van der Waals surface area contributed by atoms with Crippen LogP contribution in [0.2, 0.25) is 0 Å². The van der Waals surface area contributed by atoms with Crippen molar-refractivity contribution in [3.05, 3.63) is 108 Å². The largest absolute Gasteiger partial charge is 0.361 e. The zero-order chi connectivity index (χ0) is 18.9. The van der Waals surface area contributed by atoms with Gasteiger partial charge in [-0.15, -0.1) is 0 Å². The summed E-state index contributed by atoms with van der Waals surface area (Å²) in [6.45, 7) is 0. The van der Waals surface area contributed by atoms with Crippen molar-refractivity contribution < 1.29 is 4.79 Å². The summed E-state index contributed by atoms with van der Waals surface area (Å²) in [5.74, 6) is 0.00378. The number of anilines is 1. The summed E-state index contributed by atoms with van der Waals surface area (Å²) < 4.78 is 0. The van der Waals surface area contributed by atoms with Crippen LogP contribution in [0.15, 0.2) is 91.1 Å². The molecule has 1 aromatic heterocycles. The van der Waals surface area contributed by atoms with Crippen LogP contribution in [0, 0.1) is 0 Å². The van der Waals surface area contributed by atoms with Gasteiger partial charge in [-0.1, -0.05) is 66.7 Å². The number of rotatable bonds is 3. The van der Waals surface area contributed by atoms with Crippen LogP contribution in [-0.4, -0.2) is 10.9 Å². The lowest BCUT2D eigenvalue weighted by Crippen LogP contribution is -2.30. The first-order valence-electron chi connectivity index (χ1n) is 9.51. The van der Waals surface area contributed by atoms with Crippen molar-refractivity contribution in [1.82, 2.24) is 4.98 Å². The molecule has 0 saturated heterocycles. The van der Waals surface area contributed by atoms with Gasteiger partial charge in [-0.3, -0.25) is 4.79 Å². The fourth-order valence-corrected chi connectivity index (χ4v) is 4.09. The summed E-state index contributed by atoms with van der Waals surface area (Å²) in [5.41, 5.74) is 5.49. The molecule has 0 radical (unpaired) electrons. The lowest BCUT2D eigenvalue weighted by Gasteiger charge is -2.24. The standard InChI is InChI=1S/C25H20N2O/c28-25(15-14-18-8-2-1-3-9-18)27-23-13-7-4-10-19(23)16-24(27)21-17-26-22-12-6-5-11-20(21)22/h1-15,17,24,26H,16H2/b15-14+. The Kier molecular flexibility index (Phi) is 4.06. The summed E-state index contributed by atoms with van der Waals surface area (Å²) in [7, 11) is 0. The molecule has 1 N–H and O–H groups in total. The number of hydrogen-bond donors (Lipinski definition) is 1. The van der Waals surface area contributed by atoms with Crippen molar-refractivity contribution in [1.29, 1.82) is 0 Å². The van der Waals surface area contributed by atoms with E-state index in [1.54, 1.807) is 6.08 Å². The number of nitrogens with zero attached hydrogens (tertiary/aromatic N) is 1. The third-order valence-electron chi connectivity index (χ3n) is 5.41. The lowest BCUT2D eigenvalue weighted by molar-refractivity contribution is -0.114. The molecule has 4 aromatic rings. The van der Waals surface area contributed by atoms with Crippen LogP contribution in [-0.2, 0) is 11.2 Å². The molecule has 0 fully saturated rings. The molecule has 0 saturated carbocycles. The van der Waals surface area contributed by atoms with Gasteiger partial charge in [0.2, 0.25) is 0 Å². The van der Waals surface area contributed by atoms with Crippen LogP contribution < -0.4 is 4.90 Å². The Morgan fingerprint density at radius 3 is 2.57 bits per heavy atom. The van der Waals surface area contributed by atoms with Gasteiger partial charge in [0.25, 0.3) is 5.91 Å². The van der Waals surface area contributed by atoms with Gasteiger partial charge in [0.05, 0.1) is 6.04 Å². The van der Waals surface area contributed by atoms with E-state index in [1.807, 2.05) is 77.8 Å². The van der Waals surface area contributed by atoms with E-state index in [0.717, 1.165) is 28.8 Å². The maximum Gasteiger partial charge on any atom is 0.251 e. The molecule has 5 rings (SSSR count). The summed E-state index contributed by atoms with van der Waals surface area (Å²) in [6.07, 6.45) is 6.43. The third kappa shape index (κ3) is 2.81. The van der Waals surface area contributed by atoms with Crippen LogP contribution in [0.3, 0.4) is 0 Å². The Hall–Kier alpha value is -3.59. The topological polar surface area (TPSA) is 36.1 Å². The Bertz CT molecular complexity index is 1170. The van der Waals surface area contributed by atoms with Crippen molar-refractivity contribution in [2.45, 2.75) is 12.5 Å². The third-order valence-corrected chi connectivity index (χ3v) is 5.41. The van der Waals surface area contributed by atoms with E-state index < -0.39 is 0 Å². The number of amides is 1. The molecule has 0 spiro atoms. The Labute approximate surface area is 163 Å². The van der Waals surface area contributed by atoms with Crippen LogP contribution >= 0.6 is 0 Å². The van der Waals surface area contributed by atoms with Gasteiger partial charge in [-0.2, -0.15) is 0 Å². The highest BCUT2D eigenvalue weighted by Crippen LogP contribution is 2.42. The quantitative estimate of drug-likeness (QED) is 0.478. The van der Waals surface area contributed by atoms with Crippen LogP contribution in [0.1, 0.15) is 22.7 Å². The van der Waals surface area contributed by atoms with E-state index in [4.69, 9.17) is 0 Å². The van der Waals surface area contributed by atoms with E-state index in [2.05, 4.69) is 23.2 Å². The summed E-state index contributed by atoms with van der Waals surface area (Å²) in [4.78, 5) is 18.5. The smallest absolute Gasteiger partial charge is 0.251 e. The molecule has 3 aromatic carbocycles. The van der Waals surface area contributed by atoms with Gasteiger partial charge in [0.1, 0.15) is 0 Å². The van der Waals surface area contributed by atoms with E-state index >= 15 is 0 Å². The van der Waals surface area contributed by atoms with Gasteiger partial charge >= 0.3 is 0 Å². The molecule has 1 amide bonds. The summed E-state index contributed by atoms with van der Waals surface area (Å²) in [6, 6.07) is 26.4. The highest BCUT2D eigenvalue weighted by molar-refractivity contribution is 6.06. The Morgan fingerprint density at radius 2 is 1.68 bits per heavy atom. The SMILES string of the molecule is O=C(/C=C/c1ccccc1)N1c2ccccc2CC1c1c[nH]c2ccccc12. The lowest BCUT2D eigenvalue weighted by atomic mass is 10.0. The van der Waals surface area contributed by atoms with Gasteiger partial charge in [-0.05, 0) is 35.8 Å². The van der Waals surface area contributed by atoms with Crippen LogP contribution in [0.4, 0.5) is 5.69 Å². The minimum absolute atomic E-state index is 0.00378. The fourth-order valence-electron chi connectivity index (χ4n) is 4.09. The number of para-hydroxylation sites is 2. The molecule has 1 aliphatic rings. The first-order chi connectivity index (χ1) is 13.8. The number of aromatic amines is 1. The van der Waals surface area contributed by atoms with Gasteiger partial charge < -0.3 is 9.88 Å². The van der Waals surface area contributed by atoms with Gasteiger partial charge in [0.15, 0.2) is 0 Å². The molecule has 1 aliphatic heterocycles. The molecule has 0 bridgehead atoms. The highest BCUT2D eigenvalue weighted by Gasteiger charge is 2.34. The number of H-pyrrole nitrogens is 1. The number of benzene rings is 3. The number of aromatic nitrogens is 1. The van der Waals surface area contributed by atoms with Crippen molar-refractivity contribution in [2.24, 2.45) is 0 Å². The monoisotopic (exact) mass is 364 g/mol. The molecule has 0 aliphatic carbocycles. The second kappa shape index (κ2) is 6.86. The zero-order valence-corrected chi connectivity index (χ0v) is 15.4. The Morgan fingerprint density at radius 1 is 0.929 bits per heavy atom. The highest BCUT2D eigenvalue weighted by atomic mass is 16.2. The normalized spacial score (nSPS) is 16.0. The molecule has 2 heterocycles.